The highest BCUT2D eigenvalue weighted by Crippen LogP contribution is 2.18. The Morgan fingerprint density at radius 3 is 1.03 bits per heavy atom. The fourth-order valence-corrected chi connectivity index (χ4v) is 3.51. The normalized spacial score (nSPS) is 11.4. The van der Waals surface area contributed by atoms with E-state index in [4.69, 9.17) is 48.1 Å². The summed E-state index contributed by atoms with van der Waals surface area (Å²) in [6.45, 7) is 13.6. The highest BCUT2D eigenvalue weighted by molar-refractivity contribution is 5.50. The van der Waals surface area contributed by atoms with E-state index in [0.717, 1.165) is 18.8 Å². The van der Waals surface area contributed by atoms with E-state index < -0.39 is 0 Å². The van der Waals surface area contributed by atoms with Crippen molar-refractivity contribution < 1.29 is 48.1 Å². The van der Waals surface area contributed by atoms with Gasteiger partial charge < -0.3 is 53.0 Å². The van der Waals surface area contributed by atoms with E-state index in [-0.39, 0.29) is 13.2 Å². The highest BCUT2D eigenvalue weighted by atomic mass is 16.6. The first kappa shape index (κ1) is 35.6. The Balaban J connectivity index is 2.15. The van der Waals surface area contributed by atoms with Crippen LogP contribution in [0.4, 0.5) is 5.69 Å². The smallest absolute Gasteiger partial charge is 0.0701 e. The average molecular weight is 562 g/mol. The first-order valence-corrected chi connectivity index (χ1v) is 13.8. The zero-order valence-corrected chi connectivity index (χ0v) is 24.0. The molecule has 0 aliphatic carbocycles. The molecular formula is C28H51NO10. The van der Waals surface area contributed by atoms with Gasteiger partial charge in [0.1, 0.15) is 0 Å². The molecule has 11 nitrogen and oxygen atoms in total. The molecule has 0 saturated heterocycles. The van der Waals surface area contributed by atoms with Crippen LogP contribution in [0.15, 0.2) is 18.2 Å². The van der Waals surface area contributed by atoms with Crippen molar-refractivity contribution in [2.45, 2.75) is 13.8 Å². The molecule has 0 aliphatic heterocycles. The topological polar surface area (TPSA) is 118 Å². The van der Waals surface area contributed by atoms with Gasteiger partial charge >= 0.3 is 0 Å². The lowest BCUT2D eigenvalue weighted by Crippen LogP contribution is -2.31. The number of hydrogen-bond acceptors (Lipinski definition) is 11. The molecule has 1 rings (SSSR count). The van der Waals surface area contributed by atoms with E-state index in [1.54, 1.807) is 0 Å². The largest absolute Gasteiger partial charge is 0.394 e. The first-order chi connectivity index (χ1) is 19.2. The molecule has 1 aromatic rings. The number of rotatable bonds is 29. The van der Waals surface area contributed by atoms with E-state index in [2.05, 4.69) is 36.9 Å². The Kier molecular flexibility index (Phi) is 24.5. The second kappa shape index (κ2) is 26.8. The lowest BCUT2D eigenvalue weighted by Gasteiger charge is -2.25. The fraction of sp³-hybridized carbons (Fsp3) is 0.786. The molecule has 0 amide bonds. The molecule has 0 fully saturated rings. The van der Waals surface area contributed by atoms with Crippen molar-refractivity contribution in [2.75, 3.05) is 137 Å². The van der Waals surface area contributed by atoms with E-state index in [0.29, 0.717) is 106 Å². The van der Waals surface area contributed by atoms with Gasteiger partial charge in [-0.15, -0.1) is 0 Å². The molecule has 11 heteroatoms. The molecule has 0 aliphatic rings. The summed E-state index contributed by atoms with van der Waals surface area (Å²) in [5.74, 6) is 0. The van der Waals surface area contributed by atoms with Gasteiger partial charge in [-0.05, 0) is 37.1 Å². The number of ether oxygens (including phenoxy) is 8. The Labute approximate surface area is 234 Å². The predicted octanol–water partition coefficient (Wildman–Crippen LogP) is 1.23. The summed E-state index contributed by atoms with van der Waals surface area (Å²) in [4.78, 5) is 2.28. The predicted molar refractivity (Wildman–Crippen MR) is 149 cm³/mol. The van der Waals surface area contributed by atoms with Gasteiger partial charge in [0.25, 0.3) is 0 Å². The highest BCUT2D eigenvalue weighted by Gasteiger charge is 2.08. The summed E-state index contributed by atoms with van der Waals surface area (Å²) < 4.78 is 43.7. The molecule has 0 aromatic heterocycles. The quantitative estimate of drug-likeness (QED) is 0.138. The van der Waals surface area contributed by atoms with Crippen LogP contribution < -0.4 is 4.90 Å². The van der Waals surface area contributed by atoms with Crippen LogP contribution in [0.2, 0.25) is 0 Å². The molecular weight excluding hydrogens is 510 g/mol. The van der Waals surface area contributed by atoms with Crippen LogP contribution in [0, 0.1) is 13.8 Å². The van der Waals surface area contributed by atoms with Crippen LogP contribution >= 0.6 is 0 Å². The molecule has 0 spiro atoms. The summed E-state index contributed by atoms with van der Waals surface area (Å²) in [5.41, 5.74) is 3.61. The van der Waals surface area contributed by atoms with Crippen LogP contribution in [-0.4, -0.2) is 142 Å². The maximum absolute atomic E-state index is 8.63. The molecule has 0 bridgehead atoms. The van der Waals surface area contributed by atoms with Crippen molar-refractivity contribution in [1.82, 2.24) is 0 Å². The van der Waals surface area contributed by atoms with Gasteiger partial charge in [0.2, 0.25) is 0 Å². The maximum atomic E-state index is 8.63. The molecule has 0 unspecified atom stereocenters. The third-order valence-electron chi connectivity index (χ3n) is 5.29. The number of aryl methyl sites for hydroxylation is 2. The van der Waals surface area contributed by atoms with E-state index in [1.165, 1.54) is 11.1 Å². The number of anilines is 1. The Hall–Kier alpha value is -1.38. The fourth-order valence-electron chi connectivity index (χ4n) is 3.51. The third-order valence-corrected chi connectivity index (χ3v) is 5.29. The molecule has 0 saturated carbocycles. The number of aliphatic hydroxyl groups is 2. The second-order valence-corrected chi connectivity index (χ2v) is 8.68. The van der Waals surface area contributed by atoms with Crippen molar-refractivity contribution in [2.24, 2.45) is 0 Å². The zero-order valence-electron chi connectivity index (χ0n) is 24.0. The molecule has 228 valence electrons. The summed E-state index contributed by atoms with van der Waals surface area (Å²) in [5, 5.41) is 17.3. The number of aliphatic hydroxyl groups excluding tert-OH is 2. The molecule has 0 atom stereocenters. The minimum absolute atomic E-state index is 0.0252. The summed E-state index contributed by atoms with van der Waals surface area (Å²) in [7, 11) is 0. The summed E-state index contributed by atoms with van der Waals surface area (Å²) in [6, 6.07) is 6.53. The minimum atomic E-state index is 0.0252. The monoisotopic (exact) mass is 561 g/mol. The number of benzene rings is 1. The van der Waals surface area contributed by atoms with Crippen molar-refractivity contribution in [1.29, 1.82) is 0 Å². The van der Waals surface area contributed by atoms with E-state index in [1.807, 2.05) is 0 Å². The van der Waals surface area contributed by atoms with E-state index in [9.17, 15) is 0 Å². The Bertz CT molecular complexity index is 617. The van der Waals surface area contributed by atoms with Crippen molar-refractivity contribution in [3.63, 3.8) is 0 Å². The first-order valence-electron chi connectivity index (χ1n) is 13.8. The van der Waals surface area contributed by atoms with Crippen molar-refractivity contribution >= 4 is 5.69 Å². The van der Waals surface area contributed by atoms with E-state index >= 15 is 0 Å². The van der Waals surface area contributed by atoms with Gasteiger partial charge in [0, 0.05) is 18.8 Å². The lowest BCUT2D eigenvalue weighted by atomic mass is 10.1. The van der Waals surface area contributed by atoms with Gasteiger partial charge in [0.15, 0.2) is 0 Å². The van der Waals surface area contributed by atoms with Crippen LogP contribution in [-0.2, 0) is 37.9 Å². The Morgan fingerprint density at radius 2 is 0.718 bits per heavy atom. The number of hydrogen-bond donors (Lipinski definition) is 2. The minimum Gasteiger partial charge on any atom is -0.394 e. The summed E-state index contributed by atoms with van der Waals surface area (Å²) in [6.07, 6.45) is 0. The average Bonchev–Trinajstić information content (AvgIpc) is 2.92. The van der Waals surface area contributed by atoms with Crippen LogP contribution in [0.3, 0.4) is 0 Å². The maximum Gasteiger partial charge on any atom is 0.0701 e. The summed E-state index contributed by atoms with van der Waals surface area (Å²) >= 11 is 0. The SMILES string of the molecule is Cc1cc(C)cc(N(CCOCCOCCOCCOCCO)CCOCCOCCOCCOCCO)c1. The molecule has 2 N–H and O–H groups in total. The van der Waals surface area contributed by atoms with Gasteiger partial charge in [-0.1, -0.05) is 6.07 Å². The van der Waals surface area contributed by atoms with Gasteiger partial charge in [-0.25, -0.2) is 0 Å². The molecule has 0 radical (unpaired) electrons. The van der Waals surface area contributed by atoms with Crippen LogP contribution in [0.1, 0.15) is 11.1 Å². The second-order valence-electron chi connectivity index (χ2n) is 8.68. The molecule has 1 aromatic carbocycles. The van der Waals surface area contributed by atoms with Crippen LogP contribution in [0.5, 0.6) is 0 Å². The lowest BCUT2D eigenvalue weighted by molar-refractivity contribution is -0.00591. The Morgan fingerprint density at radius 1 is 0.436 bits per heavy atom. The van der Waals surface area contributed by atoms with Gasteiger partial charge in [-0.3, -0.25) is 0 Å². The van der Waals surface area contributed by atoms with Gasteiger partial charge in [-0.2, -0.15) is 0 Å². The number of nitrogens with zero attached hydrogens (tertiary/aromatic N) is 1. The van der Waals surface area contributed by atoms with Gasteiger partial charge in [0.05, 0.1) is 119 Å². The zero-order chi connectivity index (χ0) is 28.2. The molecule has 0 heterocycles. The third kappa shape index (κ3) is 22.0. The van der Waals surface area contributed by atoms with Crippen molar-refractivity contribution in [3.8, 4) is 0 Å². The van der Waals surface area contributed by atoms with Crippen molar-refractivity contribution in [3.05, 3.63) is 29.3 Å². The molecule has 39 heavy (non-hydrogen) atoms. The standard InChI is InChI=1S/C28H51NO10/c1-26-23-27(2)25-28(24-26)29(3-7-32-11-15-36-19-21-38-17-13-34-9-5-30)4-8-33-12-16-37-20-22-39-18-14-35-10-6-31/h23-25,30-31H,3-22H2,1-2H3. The van der Waals surface area contributed by atoms with Crippen LogP contribution in [0.25, 0.3) is 0 Å².